The lowest BCUT2D eigenvalue weighted by Gasteiger charge is -2.37. The molecule has 0 aliphatic carbocycles. The van der Waals surface area contributed by atoms with Gasteiger partial charge >= 0.3 is 6.03 Å². The topological polar surface area (TPSA) is 79.0 Å². The maximum absolute atomic E-state index is 13.3. The molecule has 2 fully saturated rings. The predicted octanol–water partition coefficient (Wildman–Crippen LogP) is 3.16. The van der Waals surface area contributed by atoms with Crippen LogP contribution in [-0.4, -0.2) is 48.5 Å². The third-order valence-electron chi connectivity index (χ3n) is 5.80. The molecule has 2 aromatic rings. The van der Waals surface area contributed by atoms with E-state index in [1.54, 1.807) is 48.4 Å². The molecule has 0 spiro atoms. The van der Waals surface area contributed by atoms with Crippen LogP contribution in [0.3, 0.4) is 0 Å². The summed E-state index contributed by atoms with van der Waals surface area (Å²) in [5.74, 6) is 0.398. The van der Waals surface area contributed by atoms with Gasteiger partial charge in [0.1, 0.15) is 11.8 Å². The molecule has 7 heteroatoms. The summed E-state index contributed by atoms with van der Waals surface area (Å²) in [4.78, 5) is 41.8. The SMILES string of the molecule is COc1ccc(C(=O)N2CC[C@H]3NC(=O)N(c4ccc(C(C)C)cc4)C(=O)[C@H]32)cc1. The Morgan fingerprint density at radius 2 is 1.73 bits per heavy atom. The summed E-state index contributed by atoms with van der Waals surface area (Å²) in [5, 5.41) is 2.90. The molecule has 2 atom stereocenters. The third-order valence-corrected chi connectivity index (χ3v) is 5.80. The second kappa shape index (κ2) is 7.82. The highest BCUT2D eigenvalue weighted by Gasteiger charge is 2.50. The number of likely N-dealkylation sites (tertiary alicyclic amines) is 1. The average molecular weight is 407 g/mol. The lowest BCUT2D eigenvalue weighted by Crippen LogP contribution is -2.65. The molecule has 7 nitrogen and oxygen atoms in total. The Labute approximate surface area is 175 Å². The first-order valence-electron chi connectivity index (χ1n) is 10.1. The van der Waals surface area contributed by atoms with Crippen molar-refractivity contribution in [3.63, 3.8) is 0 Å². The predicted molar refractivity (Wildman–Crippen MR) is 113 cm³/mol. The molecule has 2 saturated heterocycles. The molecule has 2 aromatic carbocycles. The van der Waals surface area contributed by atoms with Crippen LogP contribution in [-0.2, 0) is 4.79 Å². The van der Waals surface area contributed by atoms with E-state index in [0.29, 0.717) is 35.9 Å². The molecule has 156 valence electrons. The molecule has 2 heterocycles. The zero-order chi connectivity index (χ0) is 21.4. The van der Waals surface area contributed by atoms with Crippen LogP contribution >= 0.6 is 0 Å². The second-order valence-corrected chi connectivity index (χ2v) is 7.94. The van der Waals surface area contributed by atoms with Gasteiger partial charge in [0.25, 0.3) is 11.8 Å². The van der Waals surface area contributed by atoms with E-state index >= 15 is 0 Å². The number of ether oxygens (including phenoxy) is 1. The number of imide groups is 1. The van der Waals surface area contributed by atoms with Crippen LogP contribution in [0.4, 0.5) is 10.5 Å². The van der Waals surface area contributed by atoms with Gasteiger partial charge in [-0.25, -0.2) is 9.69 Å². The average Bonchev–Trinajstić information content (AvgIpc) is 3.17. The van der Waals surface area contributed by atoms with Gasteiger partial charge in [-0.1, -0.05) is 26.0 Å². The van der Waals surface area contributed by atoms with Crippen molar-refractivity contribution in [2.45, 2.75) is 38.3 Å². The minimum atomic E-state index is -0.720. The van der Waals surface area contributed by atoms with Crippen LogP contribution in [0.2, 0.25) is 0 Å². The maximum atomic E-state index is 13.3. The molecule has 4 amide bonds. The number of nitrogens with one attached hydrogen (secondary N) is 1. The van der Waals surface area contributed by atoms with Crippen molar-refractivity contribution in [1.82, 2.24) is 10.2 Å². The van der Waals surface area contributed by atoms with Crippen LogP contribution in [0.1, 0.15) is 42.1 Å². The minimum absolute atomic E-state index is 0.232. The van der Waals surface area contributed by atoms with Gasteiger partial charge in [-0.15, -0.1) is 0 Å². The highest BCUT2D eigenvalue weighted by Crippen LogP contribution is 2.30. The molecule has 1 N–H and O–H groups in total. The van der Waals surface area contributed by atoms with E-state index in [1.165, 1.54) is 0 Å². The number of carbonyl (C=O) groups is 3. The number of benzene rings is 2. The fourth-order valence-electron chi connectivity index (χ4n) is 4.08. The second-order valence-electron chi connectivity index (χ2n) is 7.94. The lowest BCUT2D eigenvalue weighted by atomic mass is 10.0. The normalized spacial score (nSPS) is 20.9. The largest absolute Gasteiger partial charge is 0.497 e. The smallest absolute Gasteiger partial charge is 0.329 e. The van der Waals surface area contributed by atoms with Crippen molar-refractivity contribution in [2.75, 3.05) is 18.6 Å². The van der Waals surface area contributed by atoms with Crippen molar-refractivity contribution in [1.29, 1.82) is 0 Å². The van der Waals surface area contributed by atoms with Crippen LogP contribution in [0, 0.1) is 0 Å². The zero-order valence-corrected chi connectivity index (χ0v) is 17.3. The van der Waals surface area contributed by atoms with E-state index in [0.717, 1.165) is 10.5 Å². The first-order valence-corrected chi connectivity index (χ1v) is 10.1. The lowest BCUT2D eigenvalue weighted by molar-refractivity contribution is -0.122. The number of anilines is 1. The Hall–Kier alpha value is -3.35. The summed E-state index contributed by atoms with van der Waals surface area (Å²) < 4.78 is 5.14. The Morgan fingerprint density at radius 1 is 1.07 bits per heavy atom. The van der Waals surface area contributed by atoms with E-state index in [2.05, 4.69) is 19.2 Å². The molecule has 0 aromatic heterocycles. The molecule has 0 radical (unpaired) electrons. The minimum Gasteiger partial charge on any atom is -0.497 e. The Morgan fingerprint density at radius 3 is 2.33 bits per heavy atom. The fraction of sp³-hybridized carbons (Fsp3) is 0.348. The van der Waals surface area contributed by atoms with Crippen molar-refractivity contribution in [3.05, 3.63) is 59.7 Å². The van der Waals surface area contributed by atoms with E-state index in [9.17, 15) is 14.4 Å². The van der Waals surface area contributed by atoms with Gasteiger partial charge in [0.15, 0.2) is 0 Å². The van der Waals surface area contributed by atoms with Crippen LogP contribution in [0.5, 0.6) is 5.75 Å². The number of amides is 4. The summed E-state index contributed by atoms with van der Waals surface area (Å²) in [6, 6.07) is 12.6. The number of rotatable bonds is 4. The first-order chi connectivity index (χ1) is 14.4. The summed E-state index contributed by atoms with van der Waals surface area (Å²) in [5.41, 5.74) is 2.11. The van der Waals surface area contributed by atoms with Crippen LogP contribution < -0.4 is 15.0 Å². The first kappa shape index (κ1) is 19.9. The molecule has 0 unspecified atom stereocenters. The fourth-order valence-corrected chi connectivity index (χ4v) is 4.08. The Kier molecular flexibility index (Phi) is 5.20. The number of carbonyl (C=O) groups excluding carboxylic acids is 3. The molecule has 30 heavy (non-hydrogen) atoms. The van der Waals surface area contributed by atoms with E-state index < -0.39 is 12.1 Å². The molecule has 0 bridgehead atoms. The number of hydrogen-bond donors (Lipinski definition) is 1. The van der Waals surface area contributed by atoms with Crippen molar-refractivity contribution >= 4 is 23.5 Å². The molecular formula is C23H25N3O4. The number of fused-ring (bicyclic) bond motifs is 1. The summed E-state index contributed by atoms with van der Waals surface area (Å²) in [6.07, 6.45) is 0.546. The third kappa shape index (κ3) is 3.40. The molecule has 2 aliphatic heterocycles. The molecule has 4 rings (SSSR count). The van der Waals surface area contributed by atoms with Crippen molar-refractivity contribution in [2.24, 2.45) is 0 Å². The zero-order valence-electron chi connectivity index (χ0n) is 17.3. The summed E-state index contributed by atoms with van der Waals surface area (Å²) in [6.45, 7) is 4.57. The monoisotopic (exact) mass is 407 g/mol. The van der Waals surface area contributed by atoms with Gasteiger partial charge in [0, 0.05) is 12.1 Å². The highest BCUT2D eigenvalue weighted by molar-refractivity contribution is 6.19. The molecule has 0 saturated carbocycles. The van der Waals surface area contributed by atoms with Crippen LogP contribution in [0.15, 0.2) is 48.5 Å². The standard InChI is InChI=1S/C23H25N3O4/c1-14(2)15-4-8-17(9-5-15)26-22(28)20-19(24-23(26)29)12-13-25(20)21(27)16-6-10-18(30-3)11-7-16/h4-11,14,19-20H,12-13H2,1-3H3,(H,24,29)/t19-,20+/m1/s1. The number of methoxy groups -OCH3 is 1. The van der Waals surface area contributed by atoms with Gasteiger partial charge < -0.3 is 15.0 Å². The van der Waals surface area contributed by atoms with E-state index in [4.69, 9.17) is 4.74 Å². The van der Waals surface area contributed by atoms with Gasteiger partial charge in [0.2, 0.25) is 0 Å². The van der Waals surface area contributed by atoms with E-state index in [1.807, 2.05) is 12.1 Å². The Bertz CT molecular complexity index is 969. The Balaban J connectivity index is 1.60. The van der Waals surface area contributed by atoms with Gasteiger partial charge in [-0.3, -0.25) is 9.59 Å². The van der Waals surface area contributed by atoms with Crippen molar-refractivity contribution in [3.8, 4) is 5.75 Å². The van der Waals surface area contributed by atoms with Gasteiger partial charge in [0.05, 0.1) is 18.8 Å². The summed E-state index contributed by atoms with van der Waals surface area (Å²) in [7, 11) is 1.56. The maximum Gasteiger partial charge on any atom is 0.329 e. The van der Waals surface area contributed by atoms with Gasteiger partial charge in [-0.05, 0) is 54.3 Å². The molecular weight excluding hydrogens is 382 g/mol. The molecule has 2 aliphatic rings. The van der Waals surface area contributed by atoms with Gasteiger partial charge in [-0.2, -0.15) is 0 Å². The number of urea groups is 1. The highest BCUT2D eigenvalue weighted by atomic mass is 16.5. The number of hydrogen-bond acceptors (Lipinski definition) is 4. The van der Waals surface area contributed by atoms with Crippen molar-refractivity contribution < 1.29 is 19.1 Å². The summed E-state index contributed by atoms with van der Waals surface area (Å²) >= 11 is 0. The quantitative estimate of drug-likeness (QED) is 0.844. The van der Waals surface area contributed by atoms with Crippen LogP contribution in [0.25, 0.3) is 0 Å². The number of nitrogens with zero attached hydrogens (tertiary/aromatic N) is 2. The van der Waals surface area contributed by atoms with E-state index in [-0.39, 0.29) is 17.9 Å².